The van der Waals surface area contributed by atoms with Crippen LogP contribution in [0.2, 0.25) is 0 Å². The predicted molar refractivity (Wildman–Crippen MR) is 57.7 cm³/mol. The highest BCUT2D eigenvalue weighted by atomic mass is 16.7. The molecule has 1 N–H and O–H groups in total. The number of ketones is 1. The lowest BCUT2D eigenvalue weighted by molar-refractivity contribution is -0.109. The lowest BCUT2D eigenvalue weighted by atomic mass is 10.1. The van der Waals surface area contributed by atoms with E-state index in [4.69, 9.17) is 9.47 Å². The zero-order valence-corrected chi connectivity index (χ0v) is 7.86. The summed E-state index contributed by atoms with van der Waals surface area (Å²) in [5, 5.41) is 2.31. The van der Waals surface area contributed by atoms with Crippen LogP contribution in [0.5, 0.6) is 11.5 Å². The molecular formula is C11H13NO4. The highest BCUT2D eigenvalue weighted by molar-refractivity contribution is 5.98. The minimum absolute atomic E-state index is 0. The van der Waals surface area contributed by atoms with E-state index in [2.05, 4.69) is 5.32 Å². The molecule has 0 fully saturated rings. The lowest BCUT2D eigenvalue weighted by Crippen LogP contribution is -2.21. The highest BCUT2D eigenvalue weighted by Gasteiger charge is 2.15. The van der Waals surface area contributed by atoms with Gasteiger partial charge in [0, 0.05) is 5.56 Å². The fourth-order valence-corrected chi connectivity index (χ4v) is 1.31. The van der Waals surface area contributed by atoms with E-state index in [1.165, 1.54) is 0 Å². The van der Waals surface area contributed by atoms with Gasteiger partial charge in [-0.05, 0) is 18.2 Å². The maximum absolute atomic E-state index is 11.5. The molecule has 1 aliphatic rings. The molecular weight excluding hydrogens is 210 g/mol. The zero-order chi connectivity index (χ0) is 10.7. The third kappa shape index (κ3) is 2.31. The number of hydrogen-bond donors (Lipinski definition) is 1. The number of rotatable bonds is 4. The summed E-state index contributed by atoms with van der Waals surface area (Å²) in [7, 11) is 0. The smallest absolute Gasteiger partial charge is 0.231 e. The van der Waals surface area contributed by atoms with Gasteiger partial charge in [-0.25, -0.2) is 0 Å². The monoisotopic (exact) mass is 223 g/mol. The van der Waals surface area contributed by atoms with E-state index in [1.54, 1.807) is 18.2 Å². The molecule has 1 aliphatic heterocycles. The molecule has 0 atom stereocenters. The van der Waals surface area contributed by atoms with Crippen LogP contribution in [0, 0.1) is 0 Å². The van der Waals surface area contributed by atoms with Crippen molar-refractivity contribution in [3.8, 4) is 11.5 Å². The average molecular weight is 223 g/mol. The minimum Gasteiger partial charge on any atom is -0.454 e. The number of carbonyl (C=O) groups excluding carboxylic acids is 2. The largest absolute Gasteiger partial charge is 0.454 e. The highest BCUT2D eigenvalue weighted by Crippen LogP contribution is 2.32. The van der Waals surface area contributed by atoms with Crippen molar-refractivity contribution in [2.75, 3.05) is 13.3 Å². The molecule has 1 aromatic carbocycles. The van der Waals surface area contributed by atoms with Crippen molar-refractivity contribution in [3.05, 3.63) is 23.8 Å². The van der Waals surface area contributed by atoms with Crippen molar-refractivity contribution >= 4 is 12.2 Å². The second-order valence-electron chi connectivity index (χ2n) is 2.99. The molecule has 1 heterocycles. The summed E-state index contributed by atoms with van der Waals surface area (Å²) in [4.78, 5) is 21.5. The second kappa shape index (κ2) is 5.16. The number of carbonyl (C=O) groups is 2. The van der Waals surface area contributed by atoms with Crippen molar-refractivity contribution in [2.45, 2.75) is 7.43 Å². The van der Waals surface area contributed by atoms with Crippen molar-refractivity contribution in [1.82, 2.24) is 5.32 Å². The number of hydrogen-bond acceptors (Lipinski definition) is 4. The maximum Gasteiger partial charge on any atom is 0.231 e. The van der Waals surface area contributed by atoms with Gasteiger partial charge in [-0.15, -0.1) is 0 Å². The Kier molecular flexibility index (Phi) is 3.88. The van der Waals surface area contributed by atoms with Crippen molar-refractivity contribution < 1.29 is 19.1 Å². The zero-order valence-electron chi connectivity index (χ0n) is 7.86. The van der Waals surface area contributed by atoms with Gasteiger partial charge < -0.3 is 14.8 Å². The Bertz CT molecular complexity index is 403. The van der Waals surface area contributed by atoms with E-state index in [0.29, 0.717) is 23.5 Å². The number of Topliss-reactive ketones (excluding diaryl/α,β-unsaturated/α-hetero) is 1. The van der Waals surface area contributed by atoms with Crippen LogP contribution in [0.3, 0.4) is 0 Å². The van der Waals surface area contributed by atoms with Gasteiger partial charge in [0.1, 0.15) is 0 Å². The summed E-state index contributed by atoms with van der Waals surface area (Å²) in [6.45, 7) is 0.169. The van der Waals surface area contributed by atoms with Crippen LogP contribution in [0.25, 0.3) is 0 Å². The van der Waals surface area contributed by atoms with Crippen LogP contribution in [0.15, 0.2) is 18.2 Å². The molecule has 5 heteroatoms. The Morgan fingerprint density at radius 1 is 1.38 bits per heavy atom. The summed E-state index contributed by atoms with van der Waals surface area (Å²) in [5.41, 5.74) is 0.494. The van der Waals surface area contributed by atoms with Gasteiger partial charge in [0.05, 0.1) is 6.54 Å². The van der Waals surface area contributed by atoms with Gasteiger partial charge in [0.2, 0.25) is 13.2 Å². The normalized spacial score (nSPS) is 11.5. The van der Waals surface area contributed by atoms with Gasteiger partial charge in [-0.2, -0.15) is 0 Å². The lowest BCUT2D eigenvalue weighted by Gasteiger charge is -2.01. The van der Waals surface area contributed by atoms with Crippen molar-refractivity contribution in [3.63, 3.8) is 0 Å². The Morgan fingerprint density at radius 3 is 2.88 bits per heavy atom. The molecule has 0 bridgehead atoms. The van der Waals surface area contributed by atoms with Crippen LogP contribution in [0.1, 0.15) is 17.8 Å². The van der Waals surface area contributed by atoms with Crippen LogP contribution in [0.4, 0.5) is 0 Å². The molecule has 0 saturated heterocycles. The molecule has 5 nitrogen and oxygen atoms in total. The topological polar surface area (TPSA) is 64.6 Å². The van der Waals surface area contributed by atoms with Crippen LogP contribution in [-0.4, -0.2) is 25.5 Å². The molecule has 1 aromatic rings. The number of nitrogens with one attached hydrogen (secondary N) is 1. The Morgan fingerprint density at radius 2 is 2.12 bits per heavy atom. The molecule has 0 unspecified atom stereocenters. The Labute approximate surface area is 93.4 Å². The van der Waals surface area contributed by atoms with E-state index < -0.39 is 0 Å². The van der Waals surface area contributed by atoms with Gasteiger partial charge in [-0.1, -0.05) is 7.43 Å². The van der Waals surface area contributed by atoms with E-state index in [1.807, 2.05) is 0 Å². The predicted octanol–water partition coefficient (Wildman–Crippen LogP) is 0.980. The molecule has 86 valence electrons. The minimum atomic E-state index is -0.166. The molecule has 1 amide bonds. The van der Waals surface area contributed by atoms with E-state index >= 15 is 0 Å². The second-order valence-corrected chi connectivity index (χ2v) is 2.99. The molecule has 0 saturated carbocycles. The molecule has 0 aliphatic carbocycles. The number of amides is 1. The van der Waals surface area contributed by atoms with Gasteiger partial charge in [-0.3, -0.25) is 9.59 Å². The summed E-state index contributed by atoms with van der Waals surface area (Å²) in [6, 6.07) is 4.93. The fourth-order valence-electron chi connectivity index (χ4n) is 1.31. The Balaban J connectivity index is 0.00000128. The SMILES string of the molecule is C.O=CNCC(=O)c1ccc2c(c1)OCO2. The molecule has 2 rings (SSSR count). The standard InChI is InChI=1S/C10H9NO4.CH4/c12-5-11-4-8(13)7-1-2-9-10(3-7)15-6-14-9;/h1-3,5H,4,6H2,(H,11,12);1H4. The van der Waals surface area contributed by atoms with E-state index in [9.17, 15) is 9.59 Å². The number of benzene rings is 1. The van der Waals surface area contributed by atoms with Gasteiger partial charge in [0.25, 0.3) is 0 Å². The van der Waals surface area contributed by atoms with E-state index in [0.717, 1.165) is 0 Å². The van der Waals surface area contributed by atoms with Gasteiger partial charge in [0.15, 0.2) is 17.3 Å². The molecule has 0 radical (unpaired) electrons. The third-order valence-electron chi connectivity index (χ3n) is 2.04. The summed E-state index contributed by atoms with van der Waals surface area (Å²) < 4.78 is 10.2. The first-order valence-electron chi connectivity index (χ1n) is 4.41. The summed E-state index contributed by atoms with van der Waals surface area (Å²) >= 11 is 0. The first-order chi connectivity index (χ1) is 7.31. The number of fused-ring (bicyclic) bond motifs is 1. The summed E-state index contributed by atoms with van der Waals surface area (Å²) in [5.74, 6) is 1.03. The van der Waals surface area contributed by atoms with Crippen LogP contribution in [-0.2, 0) is 4.79 Å². The van der Waals surface area contributed by atoms with Crippen LogP contribution < -0.4 is 14.8 Å². The maximum atomic E-state index is 11.5. The fraction of sp³-hybridized carbons (Fsp3) is 0.273. The van der Waals surface area contributed by atoms with E-state index in [-0.39, 0.29) is 26.5 Å². The molecule has 0 spiro atoms. The molecule has 0 aromatic heterocycles. The van der Waals surface area contributed by atoms with Gasteiger partial charge >= 0.3 is 0 Å². The number of ether oxygens (including phenoxy) is 2. The average Bonchev–Trinajstić information content (AvgIpc) is 2.72. The Hall–Kier alpha value is -2.04. The van der Waals surface area contributed by atoms with Crippen LogP contribution >= 0.6 is 0 Å². The summed E-state index contributed by atoms with van der Waals surface area (Å²) in [6.07, 6.45) is 0.491. The first-order valence-corrected chi connectivity index (χ1v) is 4.41. The quantitative estimate of drug-likeness (QED) is 0.610. The van der Waals surface area contributed by atoms with Crippen molar-refractivity contribution in [1.29, 1.82) is 0 Å². The first kappa shape index (κ1) is 12.0. The third-order valence-corrected chi connectivity index (χ3v) is 2.04. The molecule has 16 heavy (non-hydrogen) atoms. The van der Waals surface area contributed by atoms with Crippen molar-refractivity contribution in [2.24, 2.45) is 0 Å².